The number of halogens is 3. The molecule has 2 N–H and O–H groups in total. The first-order chi connectivity index (χ1) is 10.3. The lowest BCUT2D eigenvalue weighted by Crippen LogP contribution is -2.51. The molecule has 0 aromatic heterocycles. The highest BCUT2D eigenvalue weighted by molar-refractivity contribution is 5.50. The van der Waals surface area contributed by atoms with E-state index >= 15 is 0 Å². The molecule has 0 bridgehead atoms. The molecule has 0 saturated heterocycles. The van der Waals surface area contributed by atoms with Gasteiger partial charge in [-0.3, -0.25) is 0 Å². The average Bonchev–Trinajstić information content (AvgIpc) is 2.53. The quantitative estimate of drug-likeness (QED) is 0.923. The Morgan fingerprint density at radius 3 is 1.77 bits per heavy atom. The SMILES string of the molecule is C=Cc1ccc([C@@](N)(c2ccc(OC)cc2)C(F)(F)F)cc1. The molecule has 1 atom stereocenters. The van der Waals surface area contributed by atoms with Gasteiger partial charge < -0.3 is 10.5 Å². The van der Waals surface area contributed by atoms with Gasteiger partial charge in [0.2, 0.25) is 0 Å². The van der Waals surface area contributed by atoms with Crippen molar-refractivity contribution >= 4 is 6.08 Å². The van der Waals surface area contributed by atoms with Crippen molar-refractivity contribution in [2.75, 3.05) is 7.11 Å². The number of hydrogen-bond acceptors (Lipinski definition) is 2. The van der Waals surface area contributed by atoms with E-state index in [4.69, 9.17) is 10.5 Å². The second-order valence-corrected chi connectivity index (χ2v) is 4.86. The molecule has 5 heteroatoms. The van der Waals surface area contributed by atoms with Gasteiger partial charge in [0.05, 0.1) is 7.11 Å². The third kappa shape index (κ3) is 2.72. The highest BCUT2D eigenvalue weighted by atomic mass is 19.4. The Bertz CT molecular complexity index is 647. The molecule has 0 amide bonds. The Balaban J connectivity index is 2.57. The molecule has 22 heavy (non-hydrogen) atoms. The summed E-state index contributed by atoms with van der Waals surface area (Å²) in [5.74, 6) is 0.468. The van der Waals surface area contributed by atoms with E-state index in [1.165, 1.54) is 43.5 Å². The van der Waals surface area contributed by atoms with Gasteiger partial charge in [0.1, 0.15) is 5.75 Å². The normalized spacial score (nSPS) is 14.2. The number of hydrogen-bond donors (Lipinski definition) is 1. The Morgan fingerprint density at radius 1 is 0.955 bits per heavy atom. The summed E-state index contributed by atoms with van der Waals surface area (Å²) in [5.41, 5.74) is 3.87. The molecule has 2 nitrogen and oxygen atoms in total. The highest BCUT2D eigenvalue weighted by Crippen LogP contribution is 2.42. The molecule has 116 valence electrons. The standard InChI is InChI=1S/C17H16F3NO/c1-3-12-4-6-13(7-5-12)16(21,17(18,19)20)14-8-10-15(22-2)11-9-14/h3-11H,1,21H2,2H3/t16-/m1/s1. The molecule has 0 heterocycles. The summed E-state index contributed by atoms with van der Waals surface area (Å²) >= 11 is 0. The number of methoxy groups -OCH3 is 1. The first kappa shape index (κ1) is 16.1. The molecular formula is C17H16F3NO. The van der Waals surface area contributed by atoms with Crippen molar-refractivity contribution in [2.45, 2.75) is 11.7 Å². The summed E-state index contributed by atoms with van der Waals surface area (Å²) in [7, 11) is 1.45. The smallest absolute Gasteiger partial charge is 0.414 e. The third-order valence-corrected chi connectivity index (χ3v) is 3.59. The van der Waals surface area contributed by atoms with E-state index in [9.17, 15) is 13.2 Å². The minimum absolute atomic E-state index is 0.0317. The number of nitrogens with two attached hydrogens (primary N) is 1. The van der Waals surface area contributed by atoms with Gasteiger partial charge >= 0.3 is 6.18 Å². The summed E-state index contributed by atoms with van der Waals surface area (Å²) in [5, 5.41) is 0. The molecule has 2 aromatic carbocycles. The number of benzene rings is 2. The van der Waals surface area contributed by atoms with Crippen LogP contribution in [0.2, 0.25) is 0 Å². The lowest BCUT2D eigenvalue weighted by atomic mass is 9.82. The van der Waals surface area contributed by atoms with Crippen molar-refractivity contribution in [3.05, 3.63) is 71.8 Å². The van der Waals surface area contributed by atoms with Crippen molar-refractivity contribution in [2.24, 2.45) is 5.73 Å². The molecule has 0 unspecified atom stereocenters. The lowest BCUT2D eigenvalue weighted by molar-refractivity contribution is -0.176. The first-order valence-electron chi connectivity index (χ1n) is 6.56. The van der Waals surface area contributed by atoms with Gasteiger partial charge in [-0.25, -0.2) is 0 Å². The topological polar surface area (TPSA) is 35.2 Å². The zero-order valence-corrected chi connectivity index (χ0v) is 12.0. The Hall–Kier alpha value is -2.27. The van der Waals surface area contributed by atoms with Crippen molar-refractivity contribution in [1.82, 2.24) is 0 Å². The van der Waals surface area contributed by atoms with Crippen LogP contribution in [0.1, 0.15) is 16.7 Å². The highest BCUT2D eigenvalue weighted by Gasteiger charge is 2.54. The van der Waals surface area contributed by atoms with Gasteiger partial charge in [0.25, 0.3) is 0 Å². The average molecular weight is 307 g/mol. The Labute approximate surface area is 127 Å². The third-order valence-electron chi connectivity index (χ3n) is 3.59. The monoisotopic (exact) mass is 307 g/mol. The van der Waals surface area contributed by atoms with Crippen molar-refractivity contribution in [3.8, 4) is 5.75 Å². The van der Waals surface area contributed by atoms with Gasteiger partial charge in [0, 0.05) is 0 Å². The first-order valence-corrected chi connectivity index (χ1v) is 6.56. The summed E-state index contributed by atoms with van der Waals surface area (Å²) in [6, 6.07) is 11.4. The van der Waals surface area contributed by atoms with Crippen LogP contribution in [0.15, 0.2) is 55.1 Å². The number of rotatable bonds is 4. The van der Waals surface area contributed by atoms with Crippen molar-refractivity contribution in [1.29, 1.82) is 0 Å². The zero-order chi connectivity index (χ0) is 16.4. The molecule has 0 spiro atoms. The molecule has 0 aliphatic rings. The molecular weight excluding hydrogens is 291 g/mol. The van der Waals surface area contributed by atoms with Crippen LogP contribution in [0.5, 0.6) is 5.75 Å². The zero-order valence-electron chi connectivity index (χ0n) is 12.0. The van der Waals surface area contributed by atoms with Crippen molar-refractivity contribution in [3.63, 3.8) is 0 Å². The lowest BCUT2D eigenvalue weighted by Gasteiger charge is -2.33. The maximum atomic E-state index is 13.7. The van der Waals surface area contributed by atoms with E-state index < -0.39 is 11.7 Å². The van der Waals surface area contributed by atoms with E-state index in [2.05, 4.69) is 6.58 Å². The van der Waals surface area contributed by atoms with E-state index in [-0.39, 0.29) is 11.1 Å². The van der Waals surface area contributed by atoms with Crippen LogP contribution in [0.25, 0.3) is 6.08 Å². The van der Waals surface area contributed by atoms with Crippen LogP contribution in [0.3, 0.4) is 0 Å². The molecule has 0 fully saturated rings. The maximum absolute atomic E-state index is 13.7. The van der Waals surface area contributed by atoms with E-state index in [0.717, 1.165) is 5.56 Å². The Kier molecular flexibility index (Phi) is 4.28. The van der Waals surface area contributed by atoms with E-state index in [1.807, 2.05) is 0 Å². The summed E-state index contributed by atoms with van der Waals surface area (Å²) in [6.45, 7) is 3.58. The molecule has 0 saturated carbocycles. The summed E-state index contributed by atoms with van der Waals surface area (Å²) in [4.78, 5) is 0. The largest absolute Gasteiger partial charge is 0.497 e. The van der Waals surface area contributed by atoms with E-state index in [0.29, 0.717) is 5.75 Å². The predicted octanol–water partition coefficient (Wildman–Crippen LogP) is 4.10. The molecule has 2 aromatic rings. The minimum Gasteiger partial charge on any atom is -0.497 e. The van der Waals surface area contributed by atoms with Gasteiger partial charge in [-0.15, -0.1) is 0 Å². The van der Waals surface area contributed by atoms with E-state index in [1.54, 1.807) is 18.2 Å². The number of ether oxygens (including phenoxy) is 1. The maximum Gasteiger partial charge on any atom is 0.414 e. The van der Waals surface area contributed by atoms with Gasteiger partial charge in [0.15, 0.2) is 5.54 Å². The fourth-order valence-corrected chi connectivity index (χ4v) is 2.23. The summed E-state index contributed by atoms with van der Waals surface area (Å²) in [6.07, 6.45) is -3.08. The molecule has 2 rings (SSSR count). The van der Waals surface area contributed by atoms with Crippen LogP contribution < -0.4 is 10.5 Å². The fourth-order valence-electron chi connectivity index (χ4n) is 2.23. The van der Waals surface area contributed by atoms with Gasteiger partial charge in [-0.1, -0.05) is 49.1 Å². The van der Waals surface area contributed by atoms with Gasteiger partial charge in [-0.05, 0) is 28.8 Å². The second kappa shape index (κ2) is 5.85. The minimum atomic E-state index is -4.64. The van der Waals surface area contributed by atoms with Crippen LogP contribution in [0, 0.1) is 0 Å². The van der Waals surface area contributed by atoms with Crippen LogP contribution >= 0.6 is 0 Å². The fraction of sp³-hybridized carbons (Fsp3) is 0.176. The van der Waals surface area contributed by atoms with Crippen LogP contribution in [-0.4, -0.2) is 13.3 Å². The second-order valence-electron chi connectivity index (χ2n) is 4.86. The predicted molar refractivity (Wildman–Crippen MR) is 80.5 cm³/mol. The summed E-state index contributed by atoms with van der Waals surface area (Å²) < 4.78 is 46.0. The van der Waals surface area contributed by atoms with Crippen molar-refractivity contribution < 1.29 is 17.9 Å². The molecule has 0 aliphatic carbocycles. The molecule has 0 aliphatic heterocycles. The van der Waals surface area contributed by atoms with Crippen LogP contribution in [0.4, 0.5) is 13.2 Å². The Morgan fingerprint density at radius 2 is 1.41 bits per heavy atom. The van der Waals surface area contributed by atoms with Gasteiger partial charge in [-0.2, -0.15) is 13.2 Å². The number of alkyl halides is 3. The molecule has 0 radical (unpaired) electrons. The van der Waals surface area contributed by atoms with Crippen LogP contribution in [-0.2, 0) is 5.54 Å².